The van der Waals surface area contributed by atoms with Gasteiger partial charge in [-0.25, -0.2) is 4.79 Å². The van der Waals surface area contributed by atoms with E-state index in [-0.39, 0.29) is 29.8 Å². The summed E-state index contributed by atoms with van der Waals surface area (Å²) in [6, 6.07) is 18.3. The van der Waals surface area contributed by atoms with Gasteiger partial charge in [-0.1, -0.05) is 59.6 Å². The van der Waals surface area contributed by atoms with Crippen molar-refractivity contribution in [2.24, 2.45) is 5.73 Å². The maximum Gasteiger partial charge on any atom is 0.314 e. The molecule has 3 amide bonds. The van der Waals surface area contributed by atoms with Crippen LogP contribution in [0.25, 0.3) is 0 Å². The highest BCUT2D eigenvalue weighted by atomic mass is 35.5. The molecule has 6 rings (SSSR count). The number of carboxylic acids is 1. The van der Waals surface area contributed by atoms with Crippen molar-refractivity contribution in [2.75, 3.05) is 80.4 Å². The number of morpholine rings is 1. The highest BCUT2D eigenvalue weighted by molar-refractivity contribution is 6.42. The summed E-state index contributed by atoms with van der Waals surface area (Å²) in [7, 11) is 4.58. The monoisotopic (exact) mass is 806 g/mol. The molecule has 3 saturated heterocycles. The summed E-state index contributed by atoms with van der Waals surface area (Å²) in [6.45, 7) is 5.66. The summed E-state index contributed by atoms with van der Waals surface area (Å²) >= 11 is 12.8. The molecule has 15 heteroatoms. The van der Waals surface area contributed by atoms with Gasteiger partial charge in [0.05, 0.1) is 50.0 Å². The van der Waals surface area contributed by atoms with E-state index in [0.717, 1.165) is 30.5 Å². The van der Waals surface area contributed by atoms with Crippen molar-refractivity contribution in [3.63, 3.8) is 0 Å². The number of nitrogens with two attached hydrogens (primary N) is 1. The third kappa shape index (κ3) is 9.46. The SMILES string of the molecule is COc1cc(C(=O)N2CCC(CCN3CCC(C(=O)O)(c4ccccc4)CC3)(c3ccc(Cl)c(Cl)c3)C2)cc(OC)c1OC.Cl.NC(=O)N1CCOCC1. The molecule has 3 heterocycles. The van der Waals surface area contributed by atoms with Gasteiger partial charge in [0, 0.05) is 37.2 Å². The number of methoxy groups -OCH3 is 3. The number of primary amides is 1. The number of benzene rings is 3. The van der Waals surface area contributed by atoms with Gasteiger partial charge in [0.1, 0.15) is 0 Å². The number of carbonyl (C=O) groups is 3. The summed E-state index contributed by atoms with van der Waals surface area (Å²) < 4.78 is 21.4. The topological polar surface area (TPSA) is 144 Å². The second kappa shape index (κ2) is 19.1. The zero-order valence-corrected chi connectivity index (χ0v) is 33.2. The molecule has 54 heavy (non-hydrogen) atoms. The lowest BCUT2D eigenvalue weighted by atomic mass is 9.72. The number of ether oxygens (including phenoxy) is 4. The van der Waals surface area contributed by atoms with Crippen LogP contribution in [0.5, 0.6) is 17.2 Å². The van der Waals surface area contributed by atoms with Crippen LogP contribution in [0.2, 0.25) is 10.0 Å². The van der Waals surface area contributed by atoms with Crippen LogP contribution in [0.1, 0.15) is 47.2 Å². The Morgan fingerprint density at radius 1 is 0.796 bits per heavy atom. The predicted octanol–water partition coefficient (Wildman–Crippen LogP) is 6.13. The van der Waals surface area contributed by atoms with E-state index in [1.165, 1.54) is 21.3 Å². The summed E-state index contributed by atoms with van der Waals surface area (Å²) in [5.41, 5.74) is 6.11. The molecule has 3 fully saturated rings. The van der Waals surface area contributed by atoms with E-state index < -0.39 is 11.4 Å². The minimum atomic E-state index is -0.879. The molecule has 0 spiro atoms. The maximum absolute atomic E-state index is 13.9. The van der Waals surface area contributed by atoms with E-state index in [4.69, 9.17) is 47.9 Å². The summed E-state index contributed by atoms with van der Waals surface area (Å²) in [5, 5.41) is 11.2. The van der Waals surface area contributed by atoms with Gasteiger partial charge in [-0.2, -0.15) is 0 Å². The average Bonchev–Trinajstić information content (AvgIpc) is 3.63. The number of carbonyl (C=O) groups excluding carboxylic acids is 2. The Morgan fingerprint density at radius 3 is 1.94 bits per heavy atom. The Morgan fingerprint density at radius 2 is 1.43 bits per heavy atom. The van der Waals surface area contributed by atoms with Crippen molar-refractivity contribution < 1.29 is 38.4 Å². The number of amides is 3. The maximum atomic E-state index is 13.9. The van der Waals surface area contributed by atoms with Crippen LogP contribution < -0.4 is 19.9 Å². The average molecular weight is 808 g/mol. The summed E-state index contributed by atoms with van der Waals surface area (Å²) in [5.74, 6) is 0.371. The van der Waals surface area contributed by atoms with Gasteiger partial charge in [0.15, 0.2) is 11.5 Å². The third-order valence-corrected chi connectivity index (χ3v) is 11.5. The molecule has 0 aromatic heterocycles. The van der Waals surface area contributed by atoms with Crippen LogP contribution in [-0.2, 0) is 20.4 Å². The van der Waals surface area contributed by atoms with E-state index in [1.54, 1.807) is 17.0 Å². The second-order valence-electron chi connectivity index (χ2n) is 13.6. The van der Waals surface area contributed by atoms with E-state index in [2.05, 4.69) is 4.90 Å². The van der Waals surface area contributed by atoms with E-state index in [0.29, 0.717) is 98.2 Å². The van der Waals surface area contributed by atoms with Gasteiger partial charge >= 0.3 is 12.0 Å². The first-order valence-electron chi connectivity index (χ1n) is 17.6. The van der Waals surface area contributed by atoms with Gasteiger partial charge in [0.2, 0.25) is 5.75 Å². The smallest absolute Gasteiger partial charge is 0.314 e. The Balaban J connectivity index is 0.000000570. The number of aliphatic carboxylic acids is 1. The van der Waals surface area contributed by atoms with Crippen molar-refractivity contribution in [2.45, 2.75) is 36.5 Å². The number of rotatable bonds is 10. The molecular weight excluding hydrogens is 759 g/mol. The molecule has 1 unspecified atom stereocenters. The zero-order chi connectivity index (χ0) is 38.2. The lowest BCUT2D eigenvalue weighted by Gasteiger charge is -2.40. The fourth-order valence-corrected chi connectivity index (χ4v) is 7.84. The molecule has 0 bridgehead atoms. The Bertz CT molecular complexity index is 1730. The molecule has 1 atom stereocenters. The van der Waals surface area contributed by atoms with Gasteiger partial charge in [-0.05, 0) is 80.7 Å². The highest BCUT2D eigenvalue weighted by Gasteiger charge is 2.45. The Kier molecular flexibility index (Phi) is 15.1. The molecule has 3 aliphatic rings. The molecule has 3 aromatic rings. The van der Waals surface area contributed by atoms with Gasteiger partial charge in [-0.3, -0.25) is 9.59 Å². The minimum absolute atomic E-state index is 0. The number of carboxylic acid groups (broad SMARTS) is 1. The first-order valence-corrected chi connectivity index (χ1v) is 18.4. The summed E-state index contributed by atoms with van der Waals surface area (Å²) in [4.78, 5) is 42.6. The second-order valence-corrected chi connectivity index (χ2v) is 14.4. The van der Waals surface area contributed by atoms with Crippen LogP contribution in [-0.4, -0.2) is 118 Å². The molecule has 0 radical (unpaired) electrons. The molecule has 0 aliphatic carbocycles. The molecule has 0 saturated carbocycles. The van der Waals surface area contributed by atoms with E-state index in [9.17, 15) is 19.5 Å². The fraction of sp³-hybridized carbons (Fsp3) is 0.462. The number of hydrogen-bond acceptors (Lipinski definition) is 8. The lowest BCUT2D eigenvalue weighted by Crippen LogP contribution is -2.48. The standard InChI is InChI=1S/C34H38Cl2N2O6.C5H10N2O2.ClH/c1-42-28-19-23(20-29(43-2)30(28)44-3)31(39)38-18-12-33(22-38,25-9-10-26(35)27(36)21-25)11-15-37-16-13-34(14-17-37,32(40)41)24-7-5-4-6-8-24;6-5(8)7-1-3-9-4-2-7;/h4-10,19-21H,11-18,22H2,1-3H3,(H,40,41);1-4H2,(H2,6,8);1H. The number of halogens is 3. The van der Waals surface area contributed by atoms with Crippen LogP contribution in [0.15, 0.2) is 60.7 Å². The first-order chi connectivity index (χ1) is 25.5. The van der Waals surface area contributed by atoms with Crippen molar-refractivity contribution in [1.29, 1.82) is 0 Å². The minimum Gasteiger partial charge on any atom is -0.493 e. The van der Waals surface area contributed by atoms with Crippen molar-refractivity contribution in [1.82, 2.24) is 14.7 Å². The van der Waals surface area contributed by atoms with Crippen LogP contribution in [0.4, 0.5) is 4.79 Å². The van der Waals surface area contributed by atoms with Crippen LogP contribution in [0.3, 0.4) is 0 Å². The third-order valence-electron chi connectivity index (χ3n) is 10.8. The largest absolute Gasteiger partial charge is 0.493 e. The van der Waals surface area contributed by atoms with E-state index in [1.807, 2.05) is 53.4 Å². The van der Waals surface area contributed by atoms with Crippen molar-refractivity contribution in [3.05, 3.63) is 87.4 Å². The quantitative estimate of drug-likeness (QED) is 0.247. The predicted molar refractivity (Wildman–Crippen MR) is 210 cm³/mol. The molecule has 3 aliphatic heterocycles. The zero-order valence-electron chi connectivity index (χ0n) is 30.9. The fourth-order valence-electron chi connectivity index (χ4n) is 7.54. The van der Waals surface area contributed by atoms with Gasteiger partial charge < -0.3 is 44.5 Å². The Hall–Kier alpha value is -3.94. The van der Waals surface area contributed by atoms with Gasteiger partial charge in [-0.15, -0.1) is 12.4 Å². The number of hydrogen-bond donors (Lipinski definition) is 2. The molecule has 3 N–H and O–H groups in total. The lowest BCUT2D eigenvalue weighted by molar-refractivity contribution is -0.146. The number of likely N-dealkylation sites (tertiary alicyclic amines) is 2. The molecule has 12 nitrogen and oxygen atoms in total. The number of urea groups is 1. The molecule has 294 valence electrons. The number of piperidine rings is 1. The first kappa shape index (κ1) is 42.8. The normalized spacial score (nSPS) is 19.5. The Labute approximate surface area is 332 Å². The summed E-state index contributed by atoms with van der Waals surface area (Å²) in [6.07, 6.45) is 2.60. The van der Waals surface area contributed by atoms with Gasteiger partial charge in [0.25, 0.3) is 5.91 Å². The van der Waals surface area contributed by atoms with Crippen LogP contribution in [0, 0.1) is 0 Å². The number of nitrogens with zero attached hydrogens (tertiary/aromatic N) is 3. The van der Waals surface area contributed by atoms with E-state index >= 15 is 0 Å². The molecule has 3 aromatic carbocycles. The van der Waals surface area contributed by atoms with Crippen molar-refractivity contribution >= 4 is 53.5 Å². The van der Waals surface area contributed by atoms with Crippen LogP contribution >= 0.6 is 35.6 Å². The molecular formula is C39H49Cl3N4O8. The van der Waals surface area contributed by atoms with Crippen molar-refractivity contribution in [3.8, 4) is 17.2 Å². The highest BCUT2D eigenvalue weighted by Crippen LogP contribution is 2.43.